The van der Waals surface area contributed by atoms with E-state index in [0.29, 0.717) is 10.5 Å². The smallest absolute Gasteiger partial charge is 0.241 e. The molecule has 0 spiro atoms. The minimum atomic E-state index is -3.44. The number of nitrogens with two attached hydrogens (primary N) is 1. The second-order valence-corrected chi connectivity index (χ2v) is 6.86. The Morgan fingerprint density at radius 1 is 1.41 bits per heavy atom. The lowest BCUT2D eigenvalue weighted by atomic mass is 10.2. The molecule has 0 radical (unpaired) electrons. The molecule has 1 saturated carbocycles. The molecule has 0 heterocycles. The Bertz CT molecular complexity index is 523. The maximum Gasteiger partial charge on any atom is 0.241 e. The van der Waals surface area contributed by atoms with Gasteiger partial charge in [0.15, 0.2) is 0 Å². The van der Waals surface area contributed by atoms with Crippen LogP contribution in [0.1, 0.15) is 25.8 Å². The molecule has 0 aliphatic heterocycles. The molecule has 4 nitrogen and oxygen atoms in total. The largest absolute Gasteiger partial charge is 0.326 e. The number of sulfonamides is 1. The van der Waals surface area contributed by atoms with Gasteiger partial charge in [0, 0.05) is 12.6 Å². The molecule has 1 aromatic carbocycles. The first-order valence-corrected chi connectivity index (χ1v) is 7.15. The summed E-state index contributed by atoms with van der Waals surface area (Å²) >= 11 is 0. The van der Waals surface area contributed by atoms with Gasteiger partial charge in [0.05, 0.1) is 4.90 Å². The third-order valence-corrected chi connectivity index (χ3v) is 4.86. The van der Waals surface area contributed by atoms with Crippen molar-refractivity contribution in [2.24, 2.45) is 11.1 Å². The van der Waals surface area contributed by atoms with Gasteiger partial charge in [-0.05, 0) is 23.5 Å². The summed E-state index contributed by atoms with van der Waals surface area (Å²) in [5, 5.41) is 0. The monoisotopic (exact) mass is 254 g/mol. The zero-order chi connectivity index (χ0) is 12.7. The molecule has 0 amide bonds. The van der Waals surface area contributed by atoms with E-state index in [1.54, 1.807) is 24.3 Å². The first kappa shape index (κ1) is 12.5. The van der Waals surface area contributed by atoms with Crippen molar-refractivity contribution in [3.63, 3.8) is 0 Å². The van der Waals surface area contributed by atoms with Gasteiger partial charge in [0.25, 0.3) is 0 Å². The van der Waals surface area contributed by atoms with Crippen molar-refractivity contribution >= 4 is 10.0 Å². The topological polar surface area (TPSA) is 72.2 Å². The van der Waals surface area contributed by atoms with Crippen molar-refractivity contribution in [3.05, 3.63) is 29.8 Å². The Morgan fingerprint density at radius 3 is 2.53 bits per heavy atom. The third kappa shape index (κ3) is 2.51. The van der Waals surface area contributed by atoms with Crippen LogP contribution in [0.2, 0.25) is 0 Å². The van der Waals surface area contributed by atoms with Gasteiger partial charge in [-0.25, -0.2) is 13.1 Å². The van der Waals surface area contributed by atoms with Crippen molar-refractivity contribution in [2.75, 3.05) is 0 Å². The van der Waals surface area contributed by atoms with E-state index in [0.717, 1.165) is 6.42 Å². The zero-order valence-electron chi connectivity index (χ0n) is 10.1. The molecule has 1 aliphatic rings. The highest BCUT2D eigenvalue weighted by molar-refractivity contribution is 7.89. The van der Waals surface area contributed by atoms with Gasteiger partial charge in [-0.15, -0.1) is 0 Å². The number of benzene rings is 1. The van der Waals surface area contributed by atoms with Gasteiger partial charge >= 0.3 is 0 Å². The normalized spacial score (nSPS) is 22.4. The lowest BCUT2D eigenvalue weighted by molar-refractivity contribution is 0.554. The summed E-state index contributed by atoms with van der Waals surface area (Å²) in [5.74, 6) is 0. The average molecular weight is 254 g/mol. The van der Waals surface area contributed by atoms with Crippen LogP contribution in [0, 0.1) is 5.41 Å². The molecule has 1 atom stereocenters. The predicted molar refractivity (Wildman–Crippen MR) is 66.8 cm³/mol. The van der Waals surface area contributed by atoms with E-state index in [9.17, 15) is 8.42 Å². The number of hydrogen-bond donors (Lipinski definition) is 2. The lowest BCUT2D eigenvalue weighted by Gasteiger charge is -2.11. The van der Waals surface area contributed by atoms with E-state index < -0.39 is 10.0 Å². The van der Waals surface area contributed by atoms with Crippen LogP contribution in [0.3, 0.4) is 0 Å². The van der Waals surface area contributed by atoms with Crippen LogP contribution in [-0.4, -0.2) is 14.5 Å². The van der Waals surface area contributed by atoms with Gasteiger partial charge in [-0.2, -0.15) is 0 Å². The molecule has 3 N–H and O–H groups in total. The first-order chi connectivity index (χ1) is 7.87. The molecule has 94 valence electrons. The van der Waals surface area contributed by atoms with Crippen LogP contribution < -0.4 is 10.5 Å². The van der Waals surface area contributed by atoms with Gasteiger partial charge in [0.2, 0.25) is 10.0 Å². The fraction of sp³-hybridized carbons (Fsp3) is 0.500. The molecule has 17 heavy (non-hydrogen) atoms. The minimum absolute atomic E-state index is 0.0401. The highest BCUT2D eigenvalue weighted by Gasteiger charge is 2.48. The fourth-order valence-corrected chi connectivity index (χ4v) is 3.51. The molecule has 2 rings (SSSR count). The molecule has 1 aliphatic carbocycles. The van der Waals surface area contributed by atoms with E-state index in [2.05, 4.69) is 18.6 Å². The van der Waals surface area contributed by atoms with Crippen LogP contribution >= 0.6 is 0 Å². The fourth-order valence-electron chi connectivity index (χ4n) is 1.85. The molecule has 5 heteroatoms. The molecular weight excluding hydrogens is 236 g/mol. The van der Waals surface area contributed by atoms with E-state index >= 15 is 0 Å². The second-order valence-electron chi connectivity index (χ2n) is 5.18. The van der Waals surface area contributed by atoms with Crippen LogP contribution in [0.25, 0.3) is 0 Å². The van der Waals surface area contributed by atoms with E-state index in [1.165, 1.54) is 0 Å². The molecule has 1 aromatic rings. The lowest BCUT2D eigenvalue weighted by Crippen LogP contribution is -2.29. The highest BCUT2D eigenvalue weighted by Crippen LogP contribution is 2.45. The average Bonchev–Trinajstić information content (AvgIpc) is 2.85. The van der Waals surface area contributed by atoms with Crippen molar-refractivity contribution in [1.29, 1.82) is 0 Å². The first-order valence-electron chi connectivity index (χ1n) is 5.67. The van der Waals surface area contributed by atoms with Gasteiger partial charge in [-0.3, -0.25) is 0 Å². The molecule has 0 bridgehead atoms. The maximum absolute atomic E-state index is 12.2. The number of hydrogen-bond acceptors (Lipinski definition) is 3. The number of nitrogens with one attached hydrogen (secondary N) is 1. The Kier molecular flexibility index (Phi) is 3.01. The highest BCUT2D eigenvalue weighted by atomic mass is 32.2. The maximum atomic E-state index is 12.2. The Labute approximate surface area is 102 Å². The number of rotatable bonds is 4. The molecule has 0 aromatic heterocycles. The Balaban J connectivity index is 2.26. The zero-order valence-corrected chi connectivity index (χ0v) is 10.9. The summed E-state index contributed by atoms with van der Waals surface area (Å²) in [6.07, 6.45) is 0.886. The summed E-state index contributed by atoms with van der Waals surface area (Å²) < 4.78 is 27.1. The Hall–Kier alpha value is -0.910. The van der Waals surface area contributed by atoms with Gasteiger partial charge in [-0.1, -0.05) is 32.0 Å². The third-order valence-electron chi connectivity index (χ3n) is 3.29. The van der Waals surface area contributed by atoms with Crippen LogP contribution in [-0.2, 0) is 16.6 Å². The van der Waals surface area contributed by atoms with E-state index in [1.807, 2.05) is 0 Å². The van der Waals surface area contributed by atoms with Crippen LogP contribution in [0.4, 0.5) is 0 Å². The van der Waals surface area contributed by atoms with E-state index in [-0.39, 0.29) is 18.0 Å². The SMILES string of the molecule is CC1(C)CC1NS(=O)(=O)c1ccccc1CN. The minimum Gasteiger partial charge on any atom is -0.326 e. The van der Waals surface area contributed by atoms with Crippen LogP contribution in [0.15, 0.2) is 29.2 Å². The van der Waals surface area contributed by atoms with Crippen LogP contribution in [0.5, 0.6) is 0 Å². The van der Waals surface area contributed by atoms with Crippen molar-refractivity contribution in [2.45, 2.75) is 37.8 Å². The van der Waals surface area contributed by atoms with Gasteiger partial charge < -0.3 is 5.73 Å². The predicted octanol–water partition coefficient (Wildman–Crippen LogP) is 1.22. The quantitative estimate of drug-likeness (QED) is 0.848. The summed E-state index contributed by atoms with van der Waals surface area (Å²) in [7, 11) is -3.44. The van der Waals surface area contributed by atoms with Gasteiger partial charge in [0.1, 0.15) is 0 Å². The molecular formula is C12H18N2O2S. The summed E-state index contributed by atoms with van der Waals surface area (Å²) in [5.41, 5.74) is 6.28. The summed E-state index contributed by atoms with van der Waals surface area (Å²) in [4.78, 5) is 0.296. The second kappa shape index (κ2) is 4.08. The molecule has 0 saturated heterocycles. The van der Waals surface area contributed by atoms with Crippen molar-refractivity contribution in [3.8, 4) is 0 Å². The van der Waals surface area contributed by atoms with Crippen molar-refractivity contribution in [1.82, 2.24) is 4.72 Å². The van der Waals surface area contributed by atoms with E-state index in [4.69, 9.17) is 5.73 Å². The standard InChI is InChI=1S/C12H18N2O2S/c1-12(2)7-11(12)14-17(15,16)10-6-4-3-5-9(10)8-13/h3-6,11,14H,7-8,13H2,1-2H3. The molecule has 1 fully saturated rings. The molecule has 1 unspecified atom stereocenters. The summed E-state index contributed by atoms with van der Waals surface area (Å²) in [6, 6.07) is 6.89. The van der Waals surface area contributed by atoms with Crippen molar-refractivity contribution < 1.29 is 8.42 Å². The Morgan fingerprint density at radius 2 is 2.00 bits per heavy atom. The summed E-state index contributed by atoms with van der Waals surface area (Å²) in [6.45, 7) is 4.33.